The van der Waals surface area contributed by atoms with Gasteiger partial charge in [0.1, 0.15) is 16.8 Å². The van der Waals surface area contributed by atoms with E-state index in [9.17, 15) is 14.9 Å². The summed E-state index contributed by atoms with van der Waals surface area (Å²) in [5, 5.41) is 12.9. The summed E-state index contributed by atoms with van der Waals surface area (Å²) in [7, 11) is 1.50. The molecule has 0 saturated carbocycles. The lowest BCUT2D eigenvalue weighted by Crippen LogP contribution is -2.35. The maximum absolute atomic E-state index is 12.7. The largest absolute Gasteiger partial charge is 0.496 e. The average Bonchev–Trinajstić information content (AvgIpc) is 3.03. The molecule has 0 unspecified atom stereocenters. The first-order valence-electron chi connectivity index (χ1n) is 8.49. The van der Waals surface area contributed by atoms with E-state index in [1.54, 1.807) is 36.1 Å². The van der Waals surface area contributed by atoms with Crippen molar-refractivity contribution in [2.24, 2.45) is 0 Å². The van der Waals surface area contributed by atoms with Crippen LogP contribution in [-0.4, -0.2) is 37.2 Å². The maximum Gasteiger partial charge on any atom is 0.410 e. The number of carbonyl (C=O) groups is 2. The number of thiophene rings is 1. The molecule has 0 spiro atoms. The lowest BCUT2D eigenvalue weighted by atomic mass is 10.0. The molecule has 1 N–H and O–H groups in total. The highest BCUT2D eigenvalue weighted by molar-refractivity contribution is 7.16. The Kier molecular flexibility index (Phi) is 5.62. The van der Waals surface area contributed by atoms with E-state index >= 15 is 0 Å². The van der Waals surface area contributed by atoms with E-state index in [2.05, 4.69) is 11.4 Å². The second-order valence-electron chi connectivity index (χ2n) is 5.84. The summed E-state index contributed by atoms with van der Waals surface area (Å²) < 4.78 is 10.3. The zero-order valence-electron chi connectivity index (χ0n) is 15.1. The second-order valence-corrected chi connectivity index (χ2v) is 6.95. The van der Waals surface area contributed by atoms with Crippen LogP contribution in [0.1, 0.15) is 33.3 Å². The summed E-state index contributed by atoms with van der Waals surface area (Å²) in [5.74, 6) is 0.119. The minimum Gasteiger partial charge on any atom is -0.496 e. The average molecular weight is 385 g/mol. The molecule has 1 aliphatic heterocycles. The highest BCUT2D eigenvalue weighted by atomic mass is 32.1. The molecule has 1 aromatic carbocycles. The van der Waals surface area contributed by atoms with Crippen molar-refractivity contribution in [1.29, 1.82) is 5.26 Å². The fourth-order valence-electron chi connectivity index (χ4n) is 2.98. The maximum atomic E-state index is 12.7. The van der Waals surface area contributed by atoms with Crippen LogP contribution in [0.15, 0.2) is 24.3 Å². The number of nitrogens with zero attached hydrogens (tertiary/aromatic N) is 2. The Morgan fingerprint density at radius 1 is 1.37 bits per heavy atom. The second kappa shape index (κ2) is 8.10. The summed E-state index contributed by atoms with van der Waals surface area (Å²) in [6.07, 6.45) is 0.188. The highest BCUT2D eigenvalue weighted by Crippen LogP contribution is 2.37. The Balaban J connectivity index is 1.85. The molecule has 140 valence electrons. The lowest BCUT2D eigenvalue weighted by molar-refractivity contribution is 0.102. The van der Waals surface area contributed by atoms with Crippen LogP contribution in [0.5, 0.6) is 5.75 Å². The Morgan fingerprint density at radius 3 is 2.85 bits per heavy atom. The Bertz CT molecular complexity index is 916. The monoisotopic (exact) mass is 385 g/mol. The van der Waals surface area contributed by atoms with Crippen molar-refractivity contribution in [1.82, 2.24) is 4.90 Å². The molecule has 0 radical (unpaired) electrons. The number of nitriles is 1. The standard InChI is InChI=1S/C19H19N3O4S/c1-3-26-19(24)22-9-8-12-14(10-20)18(27-16(12)11-22)21-17(23)13-6-4-5-7-15(13)25-2/h4-7H,3,8-9,11H2,1-2H3,(H,21,23). The molecular formula is C19H19N3O4S. The number of methoxy groups -OCH3 is 1. The number of carbonyl (C=O) groups excluding carboxylic acids is 2. The summed E-state index contributed by atoms with van der Waals surface area (Å²) in [6.45, 7) is 2.93. The molecule has 0 saturated heterocycles. The Labute approximate surface area is 161 Å². The van der Waals surface area contributed by atoms with Gasteiger partial charge in [0.15, 0.2) is 0 Å². The zero-order valence-corrected chi connectivity index (χ0v) is 15.9. The van der Waals surface area contributed by atoms with Crippen molar-refractivity contribution in [3.8, 4) is 11.8 Å². The van der Waals surface area contributed by atoms with E-state index in [0.717, 1.165) is 10.4 Å². The van der Waals surface area contributed by atoms with Gasteiger partial charge in [-0.3, -0.25) is 4.79 Å². The molecular weight excluding hydrogens is 366 g/mol. The minimum absolute atomic E-state index is 0.316. The fourth-order valence-corrected chi connectivity index (χ4v) is 4.19. The number of para-hydroxylation sites is 1. The molecule has 27 heavy (non-hydrogen) atoms. The van der Waals surface area contributed by atoms with Gasteiger partial charge in [-0.1, -0.05) is 12.1 Å². The summed E-state index contributed by atoms with van der Waals surface area (Å²) >= 11 is 1.32. The third-order valence-electron chi connectivity index (χ3n) is 4.27. The number of rotatable bonds is 4. The van der Waals surface area contributed by atoms with Gasteiger partial charge in [-0.05, 0) is 31.0 Å². The van der Waals surface area contributed by atoms with Gasteiger partial charge in [0, 0.05) is 11.4 Å². The lowest BCUT2D eigenvalue weighted by Gasteiger charge is -2.25. The number of fused-ring (bicyclic) bond motifs is 1. The van der Waals surface area contributed by atoms with Gasteiger partial charge in [0.2, 0.25) is 0 Å². The normalized spacial score (nSPS) is 12.7. The topological polar surface area (TPSA) is 91.7 Å². The van der Waals surface area contributed by atoms with Gasteiger partial charge in [-0.15, -0.1) is 11.3 Å². The van der Waals surface area contributed by atoms with Crippen molar-refractivity contribution in [3.63, 3.8) is 0 Å². The highest BCUT2D eigenvalue weighted by Gasteiger charge is 2.28. The van der Waals surface area contributed by atoms with E-state index < -0.39 is 0 Å². The van der Waals surface area contributed by atoms with Crippen LogP contribution in [0.25, 0.3) is 0 Å². The molecule has 1 aromatic heterocycles. The first-order valence-corrected chi connectivity index (χ1v) is 9.31. The zero-order chi connectivity index (χ0) is 19.4. The van der Waals surface area contributed by atoms with Crippen molar-refractivity contribution in [3.05, 3.63) is 45.8 Å². The van der Waals surface area contributed by atoms with Crippen molar-refractivity contribution >= 4 is 28.3 Å². The molecule has 1 aliphatic rings. The Morgan fingerprint density at radius 2 is 2.15 bits per heavy atom. The molecule has 0 bridgehead atoms. The molecule has 2 heterocycles. The third-order valence-corrected chi connectivity index (χ3v) is 5.41. The first kappa shape index (κ1) is 18.7. The quantitative estimate of drug-likeness (QED) is 0.871. The summed E-state index contributed by atoms with van der Waals surface area (Å²) in [5.41, 5.74) is 1.74. The molecule has 2 aromatic rings. The van der Waals surface area contributed by atoms with Crippen LogP contribution < -0.4 is 10.1 Å². The van der Waals surface area contributed by atoms with Gasteiger partial charge >= 0.3 is 6.09 Å². The SMILES string of the molecule is CCOC(=O)N1CCc2c(sc(NC(=O)c3ccccc3OC)c2C#N)C1. The van der Waals surface area contributed by atoms with Crippen molar-refractivity contribution in [2.75, 3.05) is 25.6 Å². The molecule has 2 amide bonds. The van der Waals surface area contributed by atoms with Gasteiger partial charge in [0.25, 0.3) is 5.91 Å². The molecule has 7 nitrogen and oxygen atoms in total. The number of anilines is 1. The minimum atomic E-state index is -0.366. The van der Waals surface area contributed by atoms with Crippen LogP contribution in [0.4, 0.5) is 9.80 Å². The van der Waals surface area contributed by atoms with Gasteiger partial charge in [0.05, 0.1) is 31.4 Å². The van der Waals surface area contributed by atoms with Crippen LogP contribution in [-0.2, 0) is 17.7 Å². The predicted octanol–water partition coefficient (Wildman–Crippen LogP) is 3.40. The molecule has 0 fully saturated rings. The van der Waals surface area contributed by atoms with Crippen LogP contribution >= 0.6 is 11.3 Å². The number of nitrogens with one attached hydrogen (secondary N) is 1. The number of hydrogen-bond acceptors (Lipinski definition) is 6. The van der Waals surface area contributed by atoms with Gasteiger partial charge in [-0.2, -0.15) is 5.26 Å². The fraction of sp³-hybridized carbons (Fsp3) is 0.316. The van der Waals surface area contributed by atoms with E-state index in [-0.39, 0.29) is 12.0 Å². The predicted molar refractivity (Wildman–Crippen MR) is 101 cm³/mol. The van der Waals surface area contributed by atoms with Crippen molar-refractivity contribution in [2.45, 2.75) is 19.9 Å². The van der Waals surface area contributed by atoms with Crippen LogP contribution in [0.2, 0.25) is 0 Å². The molecule has 8 heteroatoms. The van der Waals surface area contributed by atoms with Crippen LogP contribution in [0.3, 0.4) is 0 Å². The number of benzene rings is 1. The number of amides is 2. The van der Waals surface area contributed by atoms with Crippen molar-refractivity contribution < 1.29 is 19.1 Å². The summed E-state index contributed by atoms with van der Waals surface area (Å²) in [6, 6.07) is 9.09. The van der Waals surface area contributed by atoms with E-state index in [1.165, 1.54) is 18.4 Å². The van der Waals surface area contributed by atoms with Crippen LogP contribution in [0, 0.1) is 11.3 Å². The van der Waals surface area contributed by atoms with E-state index in [4.69, 9.17) is 9.47 Å². The van der Waals surface area contributed by atoms with Gasteiger partial charge < -0.3 is 19.7 Å². The Hall–Kier alpha value is -3.05. The van der Waals surface area contributed by atoms with E-state index in [0.29, 0.717) is 48.0 Å². The third kappa shape index (κ3) is 3.73. The van der Waals surface area contributed by atoms with E-state index in [1.807, 2.05) is 0 Å². The van der Waals surface area contributed by atoms with Gasteiger partial charge in [-0.25, -0.2) is 4.79 Å². The molecule has 0 atom stereocenters. The number of hydrogen-bond donors (Lipinski definition) is 1. The molecule has 3 rings (SSSR count). The first-order chi connectivity index (χ1) is 13.1. The molecule has 0 aliphatic carbocycles. The summed E-state index contributed by atoms with van der Waals surface area (Å²) in [4.78, 5) is 27.1. The number of ether oxygens (including phenoxy) is 2. The smallest absolute Gasteiger partial charge is 0.410 e.